The first-order valence-electron chi connectivity index (χ1n) is 8.03. The van der Waals surface area contributed by atoms with Gasteiger partial charge in [-0.2, -0.15) is 10.2 Å². The lowest BCUT2D eigenvalue weighted by molar-refractivity contribution is 0.281. The number of aliphatic hydroxyl groups is 1. The molecule has 5 aromatic rings. The molecule has 0 aliphatic heterocycles. The third-order valence-electron chi connectivity index (χ3n) is 4.60. The van der Waals surface area contributed by atoms with Gasteiger partial charge in [-0.1, -0.05) is 12.1 Å². The molecule has 0 aliphatic rings. The van der Waals surface area contributed by atoms with E-state index in [2.05, 4.69) is 20.3 Å². The van der Waals surface area contributed by atoms with Crippen molar-refractivity contribution >= 4 is 43.5 Å². The molecule has 4 aromatic heterocycles. The number of benzene rings is 1. The number of fused-ring (bicyclic) bond motifs is 4. The minimum Gasteiger partial charge on any atom is -0.389 e. The topological polar surface area (TPSA) is 102 Å². The number of nitrogens with one attached hydrogen (secondary N) is 1. The molecular formula is C17H14N6O2S. The third-order valence-corrected chi connectivity index (χ3v) is 5.66. The number of aryl methyl sites for hydroxylation is 1. The molecule has 0 radical (unpaired) electrons. The van der Waals surface area contributed by atoms with E-state index in [9.17, 15) is 9.90 Å². The fourth-order valence-corrected chi connectivity index (χ4v) is 4.31. The van der Waals surface area contributed by atoms with Crippen LogP contribution in [0.2, 0.25) is 0 Å². The quantitative estimate of drug-likeness (QED) is 0.507. The van der Waals surface area contributed by atoms with E-state index < -0.39 is 0 Å². The molecule has 0 saturated carbocycles. The molecule has 8 nitrogen and oxygen atoms in total. The van der Waals surface area contributed by atoms with Crippen molar-refractivity contribution in [3.8, 4) is 0 Å². The summed E-state index contributed by atoms with van der Waals surface area (Å²) in [7, 11) is 1.81. The molecule has 2 N–H and O–H groups in total. The monoisotopic (exact) mass is 366 g/mol. The number of hydrogen-bond donors (Lipinski definition) is 2. The number of rotatable bonds is 3. The normalized spacial score (nSPS) is 11.9. The van der Waals surface area contributed by atoms with E-state index >= 15 is 0 Å². The summed E-state index contributed by atoms with van der Waals surface area (Å²) in [6, 6.07) is 5.84. The second-order valence-corrected chi connectivity index (χ2v) is 7.18. The van der Waals surface area contributed by atoms with Gasteiger partial charge < -0.3 is 9.67 Å². The van der Waals surface area contributed by atoms with Crippen molar-refractivity contribution in [1.82, 2.24) is 29.5 Å². The van der Waals surface area contributed by atoms with Crippen molar-refractivity contribution in [2.45, 2.75) is 13.2 Å². The third kappa shape index (κ3) is 2.04. The van der Waals surface area contributed by atoms with Crippen LogP contribution in [0.1, 0.15) is 10.6 Å². The van der Waals surface area contributed by atoms with Crippen LogP contribution in [0.3, 0.4) is 0 Å². The van der Waals surface area contributed by atoms with Gasteiger partial charge in [0.15, 0.2) is 5.65 Å². The number of nitrogens with zero attached hydrogens (tertiary/aromatic N) is 5. The number of H-pyrrole nitrogens is 1. The van der Waals surface area contributed by atoms with E-state index in [4.69, 9.17) is 0 Å². The summed E-state index contributed by atoms with van der Waals surface area (Å²) in [5.41, 5.74) is 3.00. The van der Waals surface area contributed by atoms with Crippen LogP contribution in [-0.2, 0) is 20.2 Å². The fourth-order valence-electron chi connectivity index (χ4n) is 3.34. The molecule has 0 saturated heterocycles. The first-order valence-corrected chi connectivity index (χ1v) is 8.85. The Bertz CT molecular complexity index is 1340. The number of aliphatic hydroxyl groups excluding tert-OH is 1. The van der Waals surface area contributed by atoms with Crippen molar-refractivity contribution in [2.24, 2.45) is 7.05 Å². The lowest BCUT2D eigenvalue weighted by Crippen LogP contribution is -2.24. The lowest BCUT2D eigenvalue weighted by Gasteiger charge is -2.06. The fraction of sp³-hybridized carbons (Fsp3) is 0.176. The number of aromatic amines is 1. The zero-order chi connectivity index (χ0) is 17.8. The molecular weight excluding hydrogens is 352 g/mol. The standard InChI is InChI=1S/C17H14N6O2S/c1-22-14-11(15-16(22)20-13(8-24)26-15)6-19-23(17(14)25)7-9-3-2-4-12-10(9)5-18-21-12/h2-6,24H,7-8H2,1H3,(H,18,21). The van der Waals surface area contributed by atoms with Gasteiger partial charge in [0.05, 0.1) is 35.8 Å². The second kappa shape index (κ2) is 5.48. The van der Waals surface area contributed by atoms with Gasteiger partial charge in [0.25, 0.3) is 5.56 Å². The highest BCUT2D eigenvalue weighted by atomic mass is 32.1. The Kier molecular flexibility index (Phi) is 3.21. The Morgan fingerprint density at radius 1 is 1.27 bits per heavy atom. The minimum absolute atomic E-state index is 0.111. The van der Waals surface area contributed by atoms with Crippen LogP contribution in [0.5, 0.6) is 0 Å². The van der Waals surface area contributed by atoms with E-state index in [1.807, 2.05) is 25.2 Å². The smallest absolute Gasteiger partial charge is 0.291 e. The molecule has 0 atom stereocenters. The highest BCUT2D eigenvalue weighted by Gasteiger charge is 2.18. The highest BCUT2D eigenvalue weighted by molar-refractivity contribution is 7.19. The predicted molar refractivity (Wildman–Crippen MR) is 99.3 cm³/mol. The van der Waals surface area contributed by atoms with Crippen LogP contribution >= 0.6 is 11.3 Å². The lowest BCUT2D eigenvalue weighted by atomic mass is 10.1. The van der Waals surface area contributed by atoms with Crippen LogP contribution in [0, 0.1) is 0 Å². The van der Waals surface area contributed by atoms with Crippen LogP contribution in [0.4, 0.5) is 0 Å². The summed E-state index contributed by atoms with van der Waals surface area (Å²) >= 11 is 1.39. The number of hydrogen-bond acceptors (Lipinski definition) is 6. The van der Waals surface area contributed by atoms with E-state index in [0.717, 1.165) is 26.6 Å². The van der Waals surface area contributed by atoms with Crippen LogP contribution < -0.4 is 5.56 Å². The van der Waals surface area contributed by atoms with Crippen molar-refractivity contribution < 1.29 is 5.11 Å². The van der Waals surface area contributed by atoms with Crippen LogP contribution in [0.15, 0.2) is 35.4 Å². The minimum atomic E-state index is -0.166. The molecule has 0 fully saturated rings. The van der Waals surface area contributed by atoms with E-state index in [1.54, 1.807) is 17.0 Å². The summed E-state index contributed by atoms with van der Waals surface area (Å²) in [5.74, 6) is 0. The maximum Gasteiger partial charge on any atom is 0.291 e. The Labute approximate surface area is 150 Å². The molecule has 0 unspecified atom stereocenters. The maximum absolute atomic E-state index is 13.0. The van der Waals surface area contributed by atoms with Crippen molar-refractivity contribution in [3.05, 3.63) is 51.5 Å². The maximum atomic E-state index is 13.0. The van der Waals surface area contributed by atoms with Crippen molar-refractivity contribution in [1.29, 1.82) is 0 Å². The van der Waals surface area contributed by atoms with E-state index in [1.165, 1.54) is 16.0 Å². The molecule has 0 spiro atoms. The Balaban J connectivity index is 1.70. The number of aromatic nitrogens is 6. The average Bonchev–Trinajstić information content (AvgIpc) is 3.34. The van der Waals surface area contributed by atoms with Gasteiger partial charge in [-0.05, 0) is 11.6 Å². The van der Waals surface area contributed by atoms with Crippen LogP contribution in [-0.4, -0.2) is 34.6 Å². The molecule has 9 heteroatoms. The second-order valence-electron chi connectivity index (χ2n) is 6.10. The van der Waals surface area contributed by atoms with Gasteiger partial charge in [-0.25, -0.2) is 9.67 Å². The summed E-state index contributed by atoms with van der Waals surface area (Å²) in [6.45, 7) is 0.250. The summed E-state index contributed by atoms with van der Waals surface area (Å²) in [5, 5.41) is 23.0. The molecule has 130 valence electrons. The Morgan fingerprint density at radius 2 is 2.15 bits per heavy atom. The zero-order valence-corrected chi connectivity index (χ0v) is 14.6. The van der Waals surface area contributed by atoms with Gasteiger partial charge in [0.2, 0.25) is 0 Å². The van der Waals surface area contributed by atoms with E-state index in [0.29, 0.717) is 22.7 Å². The van der Waals surface area contributed by atoms with Gasteiger partial charge in [-0.3, -0.25) is 9.89 Å². The SMILES string of the molecule is Cn1c2nc(CO)sc2c2cnn(Cc3cccc4[nH]ncc34)c(=O)c21. The predicted octanol–water partition coefficient (Wildman–Crippen LogP) is 1.76. The Morgan fingerprint density at radius 3 is 3.00 bits per heavy atom. The largest absolute Gasteiger partial charge is 0.389 e. The molecule has 26 heavy (non-hydrogen) atoms. The molecule has 4 heterocycles. The summed E-state index contributed by atoms with van der Waals surface area (Å²) < 4.78 is 4.11. The van der Waals surface area contributed by atoms with Gasteiger partial charge in [0.1, 0.15) is 10.5 Å². The molecule has 0 amide bonds. The van der Waals surface area contributed by atoms with Gasteiger partial charge in [0, 0.05) is 17.8 Å². The van der Waals surface area contributed by atoms with Crippen molar-refractivity contribution in [2.75, 3.05) is 0 Å². The number of thiazole rings is 1. The Hall–Kier alpha value is -3.04. The first-order chi connectivity index (χ1) is 12.7. The average molecular weight is 366 g/mol. The first kappa shape index (κ1) is 15.2. The van der Waals surface area contributed by atoms with Crippen LogP contribution in [0.25, 0.3) is 32.2 Å². The van der Waals surface area contributed by atoms with Gasteiger partial charge >= 0.3 is 0 Å². The molecule has 0 aliphatic carbocycles. The zero-order valence-electron chi connectivity index (χ0n) is 13.8. The van der Waals surface area contributed by atoms with Crippen molar-refractivity contribution in [3.63, 3.8) is 0 Å². The highest BCUT2D eigenvalue weighted by Crippen LogP contribution is 2.30. The summed E-state index contributed by atoms with van der Waals surface area (Å²) in [6.07, 6.45) is 3.46. The van der Waals surface area contributed by atoms with E-state index in [-0.39, 0.29) is 12.2 Å². The molecule has 5 rings (SSSR count). The van der Waals surface area contributed by atoms with Gasteiger partial charge in [-0.15, -0.1) is 11.3 Å². The molecule has 0 bridgehead atoms. The summed E-state index contributed by atoms with van der Waals surface area (Å²) in [4.78, 5) is 17.4. The molecule has 1 aromatic carbocycles.